The molecule has 0 aromatic carbocycles. The van der Waals surface area contributed by atoms with Crippen molar-refractivity contribution in [2.24, 2.45) is 0 Å². The summed E-state index contributed by atoms with van der Waals surface area (Å²) in [7, 11) is 0. The number of allylic oxidation sites excluding steroid dienone is 4. The van der Waals surface area contributed by atoms with Crippen LogP contribution in [-0.4, -0.2) is 11.2 Å². The Balaban J connectivity index is 3.74. The van der Waals surface area contributed by atoms with E-state index in [1.807, 2.05) is 26.8 Å². The lowest BCUT2D eigenvalue weighted by Gasteiger charge is -2.07. The first-order valence-electron chi connectivity index (χ1n) is 4.70. The van der Waals surface area contributed by atoms with E-state index in [0.29, 0.717) is 0 Å². The molecule has 1 nitrogen and oxygen atoms in total. The molecule has 0 aliphatic rings. The standard InChI is InChI=1S/C11H20O/c1-4-7-10(5-2)8-9-11(12)6-3/h4-5,7,11-12H,6,8-9H2,1-3H3/b7-4-,10-5+. The summed E-state index contributed by atoms with van der Waals surface area (Å²) >= 11 is 0. The molecule has 1 heteroatoms. The van der Waals surface area contributed by atoms with Crippen molar-refractivity contribution >= 4 is 0 Å². The third kappa shape index (κ3) is 5.14. The average Bonchev–Trinajstić information content (AvgIpc) is 2.11. The Labute approximate surface area is 75.8 Å². The second kappa shape index (κ2) is 7.11. The van der Waals surface area contributed by atoms with E-state index in [0.717, 1.165) is 19.3 Å². The van der Waals surface area contributed by atoms with Gasteiger partial charge in [0, 0.05) is 0 Å². The first kappa shape index (κ1) is 11.4. The van der Waals surface area contributed by atoms with E-state index in [1.54, 1.807) is 0 Å². The minimum Gasteiger partial charge on any atom is -0.393 e. The quantitative estimate of drug-likeness (QED) is 0.625. The van der Waals surface area contributed by atoms with Crippen molar-refractivity contribution in [1.29, 1.82) is 0 Å². The largest absolute Gasteiger partial charge is 0.393 e. The van der Waals surface area contributed by atoms with Crippen molar-refractivity contribution in [2.45, 2.75) is 46.1 Å². The minimum absolute atomic E-state index is 0.134. The fraction of sp³-hybridized carbons (Fsp3) is 0.636. The van der Waals surface area contributed by atoms with Gasteiger partial charge in [-0.3, -0.25) is 0 Å². The van der Waals surface area contributed by atoms with Crippen molar-refractivity contribution < 1.29 is 5.11 Å². The van der Waals surface area contributed by atoms with Gasteiger partial charge in [-0.2, -0.15) is 0 Å². The molecule has 0 aliphatic carbocycles. The highest BCUT2D eigenvalue weighted by molar-refractivity contribution is 5.17. The van der Waals surface area contributed by atoms with Crippen molar-refractivity contribution in [2.75, 3.05) is 0 Å². The van der Waals surface area contributed by atoms with Crippen molar-refractivity contribution in [3.63, 3.8) is 0 Å². The Hall–Kier alpha value is -0.560. The zero-order valence-electron chi connectivity index (χ0n) is 8.38. The fourth-order valence-electron chi connectivity index (χ4n) is 1.08. The van der Waals surface area contributed by atoms with Crippen LogP contribution in [0, 0.1) is 0 Å². The summed E-state index contributed by atoms with van der Waals surface area (Å²) in [5.41, 5.74) is 1.31. The van der Waals surface area contributed by atoms with Gasteiger partial charge in [0.15, 0.2) is 0 Å². The average molecular weight is 168 g/mol. The minimum atomic E-state index is -0.134. The molecule has 0 amide bonds. The normalized spacial score (nSPS) is 15.5. The fourth-order valence-corrected chi connectivity index (χ4v) is 1.08. The highest BCUT2D eigenvalue weighted by atomic mass is 16.3. The second-order valence-electron chi connectivity index (χ2n) is 2.96. The van der Waals surface area contributed by atoms with Gasteiger partial charge < -0.3 is 5.11 Å². The molecule has 70 valence electrons. The van der Waals surface area contributed by atoms with Crippen LogP contribution in [0.4, 0.5) is 0 Å². The van der Waals surface area contributed by atoms with E-state index < -0.39 is 0 Å². The molecule has 1 atom stereocenters. The molecule has 0 saturated heterocycles. The number of rotatable bonds is 5. The van der Waals surface area contributed by atoms with Crippen molar-refractivity contribution in [3.8, 4) is 0 Å². The maximum atomic E-state index is 9.32. The predicted molar refractivity (Wildman–Crippen MR) is 54.1 cm³/mol. The summed E-state index contributed by atoms with van der Waals surface area (Å²) in [4.78, 5) is 0. The monoisotopic (exact) mass is 168 g/mol. The van der Waals surface area contributed by atoms with Crippen LogP contribution in [0.2, 0.25) is 0 Å². The molecule has 0 heterocycles. The highest BCUT2D eigenvalue weighted by Gasteiger charge is 2.00. The lowest BCUT2D eigenvalue weighted by Crippen LogP contribution is -2.03. The van der Waals surface area contributed by atoms with E-state index in [9.17, 15) is 5.11 Å². The molecule has 0 spiro atoms. The smallest absolute Gasteiger partial charge is 0.0540 e. The molecule has 12 heavy (non-hydrogen) atoms. The molecule has 0 aromatic heterocycles. The summed E-state index contributed by atoms with van der Waals surface area (Å²) < 4.78 is 0. The van der Waals surface area contributed by atoms with Gasteiger partial charge in [-0.15, -0.1) is 0 Å². The van der Waals surface area contributed by atoms with Crippen LogP contribution in [0.15, 0.2) is 23.8 Å². The first-order valence-corrected chi connectivity index (χ1v) is 4.70. The Morgan fingerprint density at radius 2 is 2.08 bits per heavy atom. The highest BCUT2D eigenvalue weighted by Crippen LogP contribution is 2.10. The second-order valence-corrected chi connectivity index (χ2v) is 2.96. The van der Waals surface area contributed by atoms with Gasteiger partial charge >= 0.3 is 0 Å². The first-order chi connectivity index (χ1) is 5.74. The van der Waals surface area contributed by atoms with Gasteiger partial charge in [0.2, 0.25) is 0 Å². The zero-order valence-corrected chi connectivity index (χ0v) is 8.38. The van der Waals surface area contributed by atoms with Gasteiger partial charge in [-0.05, 0) is 33.1 Å². The molecule has 0 bridgehead atoms. The summed E-state index contributed by atoms with van der Waals surface area (Å²) in [5.74, 6) is 0. The van der Waals surface area contributed by atoms with Gasteiger partial charge in [-0.25, -0.2) is 0 Å². The Morgan fingerprint density at radius 1 is 1.42 bits per heavy atom. The third-order valence-electron chi connectivity index (χ3n) is 1.99. The van der Waals surface area contributed by atoms with Crippen LogP contribution in [-0.2, 0) is 0 Å². The Bertz CT molecular complexity index is 156. The molecule has 0 fully saturated rings. The predicted octanol–water partition coefficient (Wildman–Crippen LogP) is 3.06. The van der Waals surface area contributed by atoms with E-state index in [2.05, 4.69) is 12.2 Å². The van der Waals surface area contributed by atoms with Gasteiger partial charge in [-0.1, -0.05) is 30.7 Å². The summed E-state index contributed by atoms with van der Waals surface area (Å²) in [6.45, 7) is 6.06. The van der Waals surface area contributed by atoms with Crippen molar-refractivity contribution in [1.82, 2.24) is 0 Å². The number of aliphatic hydroxyl groups excluding tert-OH is 1. The Kier molecular flexibility index (Phi) is 6.78. The van der Waals surface area contributed by atoms with Crippen LogP contribution in [0.1, 0.15) is 40.0 Å². The number of hydrogen-bond acceptors (Lipinski definition) is 1. The molecule has 0 saturated carbocycles. The molecule has 0 rings (SSSR count). The molecular formula is C11H20O. The van der Waals surface area contributed by atoms with Crippen LogP contribution < -0.4 is 0 Å². The van der Waals surface area contributed by atoms with E-state index in [-0.39, 0.29) is 6.10 Å². The maximum Gasteiger partial charge on any atom is 0.0540 e. The number of aliphatic hydroxyl groups is 1. The topological polar surface area (TPSA) is 20.2 Å². The lowest BCUT2D eigenvalue weighted by molar-refractivity contribution is 0.161. The van der Waals surface area contributed by atoms with Crippen LogP contribution in [0.5, 0.6) is 0 Å². The summed E-state index contributed by atoms with van der Waals surface area (Å²) in [6, 6.07) is 0. The zero-order chi connectivity index (χ0) is 9.40. The molecule has 0 radical (unpaired) electrons. The van der Waals surface area contributed by atoms with E-state index in [4.69, 9.17) is 0 Å². The van der Waals surface area contributed by atoms with E-state index >= 15 is 0 Å². The molecule has 0 aliphatic heterocycles. The summed E-state index contributed by atoms with van der Waals surface area (Å²) in [5, 5.41) is 9.32. The molecular weight excluding hydrogens is 148 g/mol. The van der Waals surface area contributed by atoms with Gasteiger partial charge in [0.25, 0.3) is 0 Å². The van der Waals surface area contributed by atoms with Crippen LogP contribution in [0.25, 0.3) is 0 Å². The maximum absolute atomic E-state index is 9.32. The van der Waals surface area contributed by atoms with Crippen molar-refractivity contribution in [3.05, 3.63) is 23.8 Å². The molecule has 1 N–H and O–H groups in total. The van der Waals surface area contributed by atoms with E-state index in [1.165, 1.54) is 5.57 Å². The van der Waals surface area contributed by atoms with Gasteiger partial charge in [0.05, 0.1) is 6.10 Å². The number of hydrogen-bond donors (Lipinski definition) is 1. The summed E-state index contributed by atoms with van der Waals surface area (Å²) in [6.07, 6.45) is 8.81. The third-order valence-corrected chi connectivity index (χ3v) is 1.99. The van der Waals surface area contributed by atoms with Gasteiger partial charge in [0.1, 0.15) is 0 Å². The van der Waals surface area contributed by atoms with Crippen LogP contribution >= 0.6 is 0 Å². The Morgan fingerprint density at radius 3 is 2.50 bits per heavy atom. The lowest BCUT2D eigenvalue weighted by atomic mass is 10.1. The van der Waals surface area contributed by atoms with Crippen LogP contribution in [0.3, 0.4) is 0 Å². The molecule has 1 unspecified atom stereocenters. The molecule has 0 aromatic rings. The SMILES string of the molecule is C/C=C\C(=C/C)CCC(O)CC.